The monoisotopic (exact) mass is 657 g/mol. The third kappa shape index (κ3) is 5.14. The van der Waals surface area contributed by atoms with Crippen LogP contribution in [0.5, 0.6) is 23.0 Å². The Morgan fingerprint density at radius 3 is 2.18 bits per heavy atom. The van der Waals surface area contributed by atoms with Gasteiger partial charge in [0, 0.05) is 42.9 Å². The number of likely N-dealkylation sites (tertiary alicyclic amines) is 1. The van der Waals surface area contributed by atoms with Gasteiger partial charge in [-0.3, -0.25) is 14.5 Å². The van der Waals surface area contributed by atoms with Crippen molar-refractivity contribution in [1.29, 1.82) is 0 Å². The Morgan fingerprint density at radius 2 is 1.53 bits per heavy atom. The van der Waals surface area contributed by atoms with Crippen molar-refractivity contribution < 1.29 is 37.0 Å². The molecule has 2 aliphatic rings. The molecule has 0 aliphatic carbocycles. The van der Waals surface area contributed by atoms with Crippen molar-refractivity contribution in [2.24, 2.45) is 0 Å². The molecule has 13 heteroatoms. The van der Waals surface area contributed by atoms with Gasteiger partial charge in [-0.1, -0.05) is 18.0 Å². The number of benzene rings is 3. The molecule has 240 valence electrons. The summed E-state index contributed by atoms with van der Waals surface area (Å²) in [5.41, 5.74) is -1.16. The molecule has 2 aliphatic heterocycles. The molecule has 2 atom stereocenters. The van der Waals surface area contributed by atoms with Gasteiger partial charge in [0.2, 0.25) is 5.91 Å². The highest BCUT2D eigenvalue weighted by Gasteiger charge is 2.62. The molecular formula is C32H36ClN3O8S. The van der Waals surface area contributed by atoms with Crippen LogP contribution in [0.2, 0.25) is 5.02 Å². The van der Waals surface area contributed by atoms with Crippen LogP contribution in [0.1, 0.15) is 30.4 Å². The number of fused-ring (bicyclic) bond motifs is 1. The Morgan fingerprint density at radius 1 is 0.867 bits per heavy atom. The van der Waals surface area contributed by atoms with E-state index in [2.05, 4.69) is 0 Å². The molecule has 2 amide bonds. The molecule has 45 heavy (non-hydrogen) atoms. The predicted octanol–water partition coefficient (Wildman–Crippen LogP) is 4.30. The SMILES string of the molecule is COc1ccc(S(=O)(=O)N2C(=O)C(c3cc(OC)ccc3OC)(N3CCCCC3C(=O)N(C)C)c3cc(Cl)ccc32)c(OC)c1. The van der Waals surface area contributed by atoms with Crippen molar-refractivity contribution in [2.45, 2.75) is 35.7 Å². The summed E-state index contributed by atoms with van der Waals surface area (Å²) in [5.74, 6) is 0.0468. The van der Waals surface area contributed by atoms with Gasteiger partial charge >= 0.3 is 0 Å². The summed E-state index contributed by atoms with van der Waals surface area (Å²) in [7, 11) is 4.43. The maximum atomic E-state index is 15.4. The van der Waals surface area contributed by atoms with E-state index in [9.17, 15) is 13.2 Å². The summed E-state index contributed by atoms with van der Waals surface area (Å²) in [6.45, 7) is 0.308. The van der Waals surface area contributed by atoms with E-state index in [1.54, 1.807) is 43.3 Å². The van der Waals surface area contributed by atoms with Crippen molar-refractivity contribution in [3.8, 4) is 23.0 Å². The molecule has 3 aromatic carbocycles. The van der Waals surface area contributed by atoms with Gasteiger partial charge in [-0.2, -0.15) is 0 Å². The lowest BCUT2D eigenvalue weighted by Crippen LogP contribution is -2.62. The largest absolute Gasteiger partial charge is 0.497 e. The van der Waals surface area contributed by atoms with Crippen LogP contribution in [-0.4, -0.2) is 85.2 Å². The molecule has 0 N–H and O–H groups in total. The minimum Gasteiger partial charge on any atom is -0.497 e. The lowest BCUT2D eigenvalue weighted by atomic mass is 9.78. The molecule has 0 bridgehead atoms. The molecule has 1 saturated heterocycles. The van der Waals surface area contributed by atoms with Crippen LogP contribution in [0.3, 0.4) is 0 Å². The van der Waals surface area contributed by atoms with E-state index >= 15 is 4.79 Å². The van der Waals surface area contributed by atoms with Crippen LogP contribution < -0.4 is 23.3 Å². The quantitative estimate of drug-likeness (QED) is 0.332. The van der Waals surface area contributed by atoms with E-state index in [4.69, 9.17) is 30.5 Å². The van der Waals surface area contributed by atoms with Gasteiger partial charge in [0.25, 0.3) is 15.9 Å². The second-order valence-electron chi connectivity index (χ2n) is 11.0. The molecule has 2 heterocycles. The van der Waals surface area contributed by atoms with E-state index in [0.29, 0.717) is 47.8 Å². The topological polar surface area (TPSA) is 115 Å². The number of amides is 2. The molecule has 0 saturated carbocycles. The molecule has 2 unspecified atom stereocenters. The third-order valence-corrected chi connectivity index (χ3v) is 10.4. The molecule has 1 fully saturated rings. The Kier molecular flexibility index (Phi) is 8.94. The first-order valence-electron chi connectivity index (χ1n) is 14.3. The maximum Gasteiger partial charge on any atom is 0.274 e. The highest BCUT2D eigenvalue weighted by atomic mass is 35.5. The molecule has 11 nitrogen and oxygen atoms in total. The first-order valence-corrected chi connectivity index (χ1v) is 16.1. The van der Waals surface area contributed by atoms with Crippen LogP contribution in [0.25, 0.3) is 0 Å². The Bertz CT molecular complexity index is 1750. The zero-order chi connectivity index (χ0) is 32.7. The van der Waals surface area contributed by atoms with Crippen LogP contribution in [0.15, 0.2) is 59.5 Å². The number of carbonyl (C=O) groups excluding carboxylic acids is 2. The number of anilines is 1. The van der Waals surface area contributed by atoms with E-state index in [0.717, 1.165) is 10.7 Å². The lowest BCUT2D eigenvalue weighted by Gasteiger charge is -2.47. The summed E-state index contributed by atoms with van der Waals surface area (Å²) in [6.07, 6.45) is 1.86. The fourth-order valence-electron chi connectivity index (χ4n) is 6.35. The molecular weight excluding hydrogens is 622 g/mol. The number of methoxy groups -OCH3 is 4. The summed E-state index contributed by atoms with van der Waals surface area (Å²) in [5, 5.41) is 0.279. The standard InChI is InChI=1S/C32H36ClN3O8S/c1-34(2)30(37)26-9-7-8-16-35(26)32(24-18-21(41-3)11-14-27(24)43-5)23-17-20(33)10-13-25(23)36(31(32)38)45(39,40)29-15-12-22(42-4)19-28(29)44-6/h10-15,17-19,26H,7-9,16H2,1-6H3. The van der Waals surface area contributed by atoms with Crippen molar-refractivity contribution in [1.82, 2.24) is 9.80 Å². The second kappa shape index (κ2) is 12.4. The zero-order valence-corrected chi connectivity index (χ0v) is 27.6. The van der Waals surface area contributed by atoms with E-state index in [1.165, 1.54) is 63.7 Å². The fourth-order valence-corrected chi connectivity index (χ4v) is 8.12. The number of rotatable bonds is 9. The normalized spacial score (nSPS) is 20.0. The average molecular weight is 658 g/mol. The van der Waals surface area contributed by atoms with Crippen LogP contribution in [-0.2, 0) is 25.2 Å². The summed E-state index contributed by atoms with van der Waals surface area (Å²) in [4.78, 5) is 32.2. The summed E-state index contributed by atoms with van der Waals surface area (Å²) >= 11 is 6.60. The van der Waals surface area contributed by atoms with Gasteiger partial charge in [-0.05, 0) is 61.4 Å². The number of carbonyl (C=O) groups is 2. The van der Waals surface area contributed by atoms with Gasteiger partial charge in [0.05, 0.1) is 40.2 Å². The smallest absolute Gasteiger partial charge is 0.274 e. The van der Waals surface area contributed by atoms with Crippen molar-refractivity contribution >= 4 is 39.1 Å². The van der Waals surface area contributed by atoms with E-state index < -0.39 is 27.5 Å². The first kappa shape index (κ1) is 32.4. The highest BCUT2D eigenvalue weighted by molar-refractivity contribution is 7.93. The molecule has 5 rings (SSSR count). The number of hydrogen-bond acceptors (Lipinski definition) is 9. The van der Waals surface area contributed by atoms with Gasteiger partial charge in [-0.15, -0.1) is 0 Å². The van der Waals surface area contributed by atoms with Crippen LogP contribution in [0.4, 0.5) is 5.69 Å². The zero-order valence-electron chi connectivity index (χ0n) is 26.0. The van der Waals surface area contributed by atoms with Gasteiger partial charge < -0.3 is 23.8 Å². The number of sulfonamides is 1. The van der Waals surface area contributed by atoms with E-state index in [1.807, 2.05) is 0 Å². The maximum absolute atomic E-state index is 15.4. The Labute approximate surface area is 268 Å². The van der Waals surface area contributed by atoms with Gasteiger partial charge in [-0.25, -0.2) is 12.7 Å². The number of ether oxygens (including phenoxy) is 4. The number of halogens is 1. The number of nitrogens with zero attached hydrogens (tertiary/aromatic N) is 3. The number of piperidine rings is 1. The Hall–Kier alpha value is -4.00. The first-order chi connectivity index (χ1) is 21.5. The minimum absolute atomic E-state index is 0.00670. The Balaban J connectivity index is 1.89. The molecule has 3 aromatic rings. The minimum atomic E-state index is -4.62. The summed E-state index contributed by atoms with van der Waals surface area (Å²) < 4.78 is 52.3. The second-order valence-corrected chi connectivity index (χ2v) is 13.2. The molecule has 0 aromatic heterocycles. The fraction of sp³-hybridized carbons (Fsp3) is 0.375. The van der Waals surface area contributed by atoms with Crippen molar-refractivity contribution in [3.63, 3.8) is 0 Å². The van der Waals surface area contributed by atoms with Crippen molar-refractivity contribution in [2.75, 3.05) is 53.4 Å². The summed E-state index contributed by atoms with van der Waals surface area (Å²) in [6, 6.07) is 13.1. The highest BCUT2D eigenvalue weighted by Crippen LogP contribution is 2.55. The van der Waals surface area contributed by atoms with Gasteiger partial charge in [0.1, 0.15) is 27.9 Å². The van der Waals surface area contributed by atoms with Gasteiger partial charge in [0.15, 0.2) is 5.54 Å². The number of likely N-dealkylation sites (N-methyl/N-ethyl adjacent to an activating group) is 1. The average Bonchev–Trinajstić information content (AvgIpc) is 3.31. The van der Waals surface area contributed by atoms with Crippen LogP contribution in [0, 0.1) is 0 Å². The lowest BCUT2D eigenvalue weighted by molar-refractivity contribution is -0.142. The number of hydrogen-bond donors (Lipinski definition) is 0. The molecule has 0 spiro atoms. The predicted molar refractivity (Wildman–Crippen MR) is 169 cm³/mol. The van der Waals surface area contributed by atoms with E-state index in [-0.39, 0.29) is 27.3 Å². The van der Waals surface area contributed by atoms with Crippen LogP contribution >= 0.6 is 11.6 Å². The molecule has 0 radical (unpaired) electrons. The van der Waals surface area contributed by atoms with Crippen molar-refractivity contribution in [3.05, 3.63) is 70.7 Å². The third-order valence-electron chi connectivity index (χ3n) is 8.41.